The van der Waals surface area contributed by atoms with Crippen LogP contribution in [0.15, 0.2) is 12.3 Å². The lowest BCUT2D eigenvalue weighted by molar-refractivity contribution is 0.0694. The zero-order valence-corrected chi connectivity index (χ0v) is 10.2. The molecule has 0 radical (unpaired) electrons. The minimum absolute atomic E-state index is 0.127. The first kappa shape index (κ1) is 12.1. The Morgan fingerprint density at radius 2 is 2.29 bits per heavy atom. The molecule has 0 aliphatic carbocycles. The molecular weight excluding hydrogens is 265 g/mol. The Bertz CT molecular complexity index is 568. The minimum Gasteiger partial charge on any atom is -0.478 e. The van der Waals surface area contributed by atoms with E-state index in [0.29, 0.717) is 30.1 Å². The first-order valence-electron chi connectivity index (χ1n) is 4.96. The van der Waals surface area contributed by atoms with Crippen LogP contribution in [0.1, 0.15) is 22.5 Å². The second kappa shape index (κ2) is 4.89. The van der Waals surface area contributed by atoms with Crippen molar-refractivity contribution in [2.45, 2.75) is 12.8 Å². The van der Waals surface area contributed by atoms with Gasteiger partial charge in [-0.1, -0.05) is 11.6 Å². The molecule has 5 nitrogen and oxygen atoms in total. The number of hydrogen-bond donors (Lipinski definition) is 1. The number of carboxylic acids is 1. The molecule has 0 unspecified atom stereocenters. The third-order valence-corrected chi connectivity index (χ3v) is 2.78. The summed E-state index contributed by atoms with van der Waals surface area (Å²) in [6.45, 7) is 0. The summed E-state index contributed by atoms with van der Waals surface area (Å²) in [6.07, 6.45) is 2.50. The van der Waals surface area contributed by atoms with E-state index >= 15 is 0 Å². The molecule has 90 valence electrons. The van der Waals surface area contributed by atoms with Crippen molar-refractivity contribution >= 4 is 34.8 Å². The van der Waals surface area contributed by atoms with E-state index in [1.54, 1.807) is 6.07 Å². The van der Waals surface area contributed by atoms with Crippen molar-refractivity contribution in [1.29, 1.82) is 0 Å². The van der Waals surface area contributed by atoms with Crippen molar-refractivity contribution in [3.63, 3.8) is 0 Å². The standard InChI is InChI=1S/C10H9Cl2N3O2/c11-3-1-2-7-6(10(16)17)5-13-9-4-8(12)14-15(7)9/h4-5H,1-3H2,(H,16,17). The molecule has 0 saturated heterocycles. The average Bonchev–Trinajstić information content (AvgIpc) is 2.65. The molecule has 2 aromatic rings. The summed E-state index contributed by atoms with van der Waals surface area (Å²) in [5.74, 6) is -0.576. The highest BCUT2D eigenvalue weighted by Gasteiger charge is 2.15. The van der Waals surface area contributed by atoms with E-state index in [-0.39, 0.29) is 10.7 Å². The van der Waals surface area contributed by atoms with E-state index < -0.39 is 5.97 Å². The summed E-state index contributed by atoms with van der Waals surface area (Å²) in [5, 5.41) is 13.4. The monoisotopic (exact) mass is 273 g/mol. The number of rotatable bonds is 4. The Balaban J connectivity index is 2.61. The van der Waals surface area contributed by atoms with Crippen LogP contribution >= 0.6 is 23.2 Å². The fourth-order valence-corrected chi connectivity index (χ4v) is 1.91. The van der Waals surface area contributed by atoms with Gasteiger partial charge in [0.2, 0.25) is 0 Å². The number of hydrogen-bond acceptors (Lipinski definition) is 3. The zero-order valence-electron chi connectivity index (χ0n) is 8.73. The maximum absolute atomic E-state index is 11.1. The minimum atomic E-state index is -1.03. The van der Waals surface area contributed by atoms with Crippen molar-refractivity contribution in [2.75, 3.05) is 5.88 Å². The second-order valence-corrected chi connectivity index (χ2v) is 4.22. The lowest BCUT2D eigenvalue weighted by Crippen LogP contribution is -2.10. The number of aryl methyl sites for hydroxylation is 1. The molecule has 0 atom stereocenters. The van der Waals surface area contributed by atoms with Gasteiger partial charge in [-0.05, 0) is 12.8 Å². The van der Waals surface area contributed by atoms with Gasteiger partial charge in [-0.3, -0.25) is 0 Å². The zero-order chi connectivity index (χ0) is 12.4. The molecular formula is C10H9Cl2N3O2. The van der Waals surface area contributed by atoms with E-state index in [1.165, 1.54) is 10.7 Å². The van der Waals surface area contributed by atoms with Crippen molar-refractivity contribution in [1.82, 2.24) is 14.6 Å². The molecule has 0 saturated carbocycles. The Kier molecular flexibility index (Phi) is 3.49. The number of alkyl halides is 1. The number of halogens is 2. The van der Waals surface area contributed by atoms with E-state index in [1.807, 2.05) is 0 Å². The summed E-state index contributed by atoms with van der Waals surface area (Å²) < 4.78 is 1.46. The molecule has 1 N–H and O–H groups in total. The average molecular weight is 274 g/mol. The molecule has 2 rings (SSSR count). The normalized spacial score (nSPS) is 10.9. The summed E-state index contributed by atoms with van der Waals surface area (Å²) in [5.41, 5.74) is 1.22. The largest absolute Gasteiger partial charge is 0.478 e. The van der Waals surface area contributed by atoms with Crippen LogP contribution in [0.3, 0.4) is 0 Å². The summed E-state index contributed by atoms with van der Waals surface area (Å²) in [7, 11) is 0. The van der Waals surface area contributed by atoms with Gasteiger partial charge in [0.25, 0.3) is 0 Å². The highest BCUT2D eigenvalue weighted by atomic mass is 35.5. The highest BCUT2D eigenvalue weighted by molar-refractivity contribution is 6.29. The third-order valence-electron chi connectivity index (χ3n) is 2.33. The quantitative estimate of drug-likeness (QED) is 0.868. The van der Waals surface area contributed by atoms with E-state index in [2.05, 4.69) is 10.1 Å². The molecule has 0 amide bonds. The highest BCUT2D eigenvalue weighted by Crippen LogP contribution is 2.16. The Morgan fingerprint density at radius 1 is 1.53 bits per heavy atom. The van der Waals surface area contributed by atoms with Gasteiger partial charge in [-0.25, -0.2) is 14.3 Å². The van der Waals surface area contributed by atoms with Gasteiger partial charge in [0, 0.05) is 18.1 Å². The number of fused-ring (bicyclic) bond motifs is 1. The second-order valence-electron chi connectivity index (χ2n) is 3.45. The molecule has 0 aliphatic heterocycles. The van der Waals surface area contributed by atoms with Crippen LogP contribution in [-0.4, -0.2) is 31.6 Å². The van der Waals surface area contributed by atoms with Crippen LogP contribution in [0.4, 0.5) is 0 Å². The lowest BCUT2D eigenvalue weighted by atomic mass is 10.1. The molecule has 2 heterocycles. The Hall–Kier alpha value is -1.33. The molecule has 2 aromatic heterocycles. The number of aromatic carboxylic acids is 1. The molecule has 0 spiro atoms. The molecule has 17 heavy (non-hydrogen) atoms. The Morgan fingerprint density at radius 3 is 2.94 bits per heavy atom. The summed E-state index contributed by atoms with van der Waals surface area (Å²) in [6, 6.07) is 1.58. The van der Waals surface area contributed by atoms with Gasteiger partial charge in [-0.15, -0.1) is 11.6 Å². The maximum Gasteiger partial charge on any atom is 0.339 e. The van der Waals surface area contributed by atoms with Crippen LogP contribution in [-0.2, 0) is 6.42 Å². The van der Waals surface area contributed by atoms with Crippen LogP contribution in [0.2, 0.25) is 5.15 Å². The van der Waals surface area contributed by atoms with Crippen LogP contribution in [0, 0.1) is 0 Å². The molecule has 0 fully saturated rings. The fraction of sp³-hybridized carbons (Fsp3) is 0.300. The molecule has 0 bridgehead atoms. The summed E-state index contributed by atoms with van der Waals surface area (Å²) in [4.78, 5) is 15.1. The topological polar surface area (TPSA) is 67.5 Å². The molecule has 7 heteroatoms. The number of carboxylic acid groups (broad SMARTS) is 1. The van der Waals surface area contributed by atoms with E-state index in [9.17, 15) is 4.79 Å². The first-order chi connectivity index (χ1) is 8.13. The smallest absolute Gasteiger partial charge is 0.339 e. The molecule has 0 aromatic carbocycles. The maximum atomic E-state index is 11.1. The van der Waals surface area contributed by atoms with Crippen molar-refractivity contribution in [3.8, 4) is 0 Å². The van der Waals surface area contributed by atoms with E-state index in [4.69, 9.17) is 28.3 Å². The number of nitrogens with zero attached hydrogens (tertiary/aromatic N) is 3. The van der Waals surface area contributed by atoms with Crippen LogP contribution in [0.25, 0.3) is 5.65 Å². The van der Waals surface area contributed by atoms with Crippen molar-refractivity contribution in [3.05, 3.63) is 28.7 Å². The lowest BCUT2D eigenvalue weighted by Gasteiger charge is -2.06. The van der Waals surface area contributed by atoms with Gasteiger partial charge in [0.15, 0.2) is 10.8 Å². The van der Waals surface area contributed by atoms with Crippen LogP contribution in [0.5, 0.6) is 0 Å². The van der Waals surface area contributed by atoms with Crippen molar-refractivity contribution in [2.24, 2.45) is 0 Å². The van der Waals surface area contributed by atoms with Gasteiger partial charge in [0.1, 0.15) is 0 Å². The predicted molar refractivity (Wildman–Crippen MR) is 64.0 cm³/mol. The number of aromatic nitrogens is 3. The van der Waals surface area contributed by atoms with Gasteiger partial charge in [-0.2, -0.15) is 5.10 Å². The first-order valence-corrected chi connectivity index (χ1v) is 5.87. The Labute approximate surface area is 107 Å². The van der Waals surface area contributed by atoms with Gasteiger partial charge < -0.3 is 5.11 Å². The summed E-state index contributed by atoms with van der Waals surface area (Å²) >= 11 is 11.4. The third kappa shape index (κ3) is 2.35. The van der Waals surface area contributed by atoms with Crippen molar-refractivity contribution < 1.29 is 9.90 Å². The fourth-order valence-electron chi connectivity index (χ4n) is 1.61. The SMILES string of the molecule is O=C(O)c1cnc2cc(Cl)nn2c1CCCCl. The van der Waals surface area contributed by atoms with E-state index in [0.717, 1.165) is 0 Å². The predicted octanol–water partition coefficient (Wildman–Crippen LogP) is 2.25. The van der Waals surface area contributed by atoms with Gasteiger partial charge >= 0.3 is 5.97 Å². The van der Waals surface area contributed by atoms with Crippen LogP contribution < -0.4 is 0 Å². The number of carbonyl (C=O) groups is 1. The van der Waals surface area contributed by atoms with Gasteiger partial charge in [0.05, 0.1) is 11.3 Å². The molecule has 0 aliphatic rings.